The summed E-state index contributed by atoms with van der Waals surface area (Å²) in [4.78, 5) is 15.9. The number of nitrogens with two attached hydrogens (primary N) is 1. The van der Waals surface area contributed by atoms with E-state index < -0.39 is 0 Å². The second kappa shape index (κ2) is 10.1. The van der Waals surface area contributed by atoms with Gasteiger partial charge in [-0.25, -0.2) is 0 Å². The van der Waals surface area contributed by atoms with Crippen molar-refractivity contribution >= 4 is 17.6 Å². The molecule has 3 rings (SSSR count). The van der Waals surface area contributed by atoms with Crippen molar-refractivity contribution in [3.05, 3.63) is 41.8 Å². The molecule has 0 amide bonds. The Hall–Kier alpha value is -3.11. The molecule has 0 aromatic carbocycles. The summed E-state index contributed by atoms with van der Waals surface area (Å²) in [7, 11) is 3.97. The van der Waals surface area contributed by atoms with Crippen molar-refractivity contribution in [2.45, 2.75) is 25.7 Å². The Labute approximate surface area is 176 Å². The molecule has 0 atom stereocenters. The molecule has 162 valence electrons. The smallest absolute Gasteiger partial charge is 0.228 e. The molecule has 30 heavy (non-hydrogen) atoms. The van der Waals surface area contributed by atoms with E-state index in [4.69, 9.17) is 15.5 Å². The Balaban J connectivity index is 1.73. The van der Waals surface area contributed by atoms with Crippen LogP contribution in [0.1, 0.15) is 31.4 Å². The summed E-state index contributed by atoms with van der Waals surface area (Å²) in [6.07, 6.45) is 4.13. The van der Waals surface area contributed by atoms with Crippen LogP contribution in [0.15, 0.2) is 36.1 Å². The van der Waals surface area contributed by atoms with Crippen LogP contribution in [0, 0.1) is 0 Å². The van der Waals surface area contributed by atoms with Crippen LogP contribution in [0.25, 0.3) is 0 Å². The molecular weight excluding hydrogens is 384 g/mol. The van der Waals surface area contributed by atoms with E-state index in [0.717, 1.165) is 23.6 Å². The number of likely N-dealkylation sites (N-methyl/N-ethyl adjacent to an activating group) is 1. The van der Waals surface area contributed by atoms with Crippen LogP contribution in [-0.2, 0) is 4.84 Å². The average Bonchev–Trinajstić information content (AvgIpc) is 3.44. The highest BCUT2D eigenvalue weighted by Crippen LogP contribution is 2.39. The fourth-order valence-electron chi connectivity index (χ4n) is 2.67. The Bertz CT molecular complexity index is 889. The molecule has 5 N–H and O–H groups in total. The fraction of sp³-hybridized carbons (Fsp3) is 0.450. The summed E-state index contributed by atoms with van der Waals surface area (Å²) >= 11 is 0. The Morgan fingerprint density at radius 3 is 2.83 bits per heavy atom. The number of rotatable bonds is 12. The summed E-state index contributed by atoms with van der Waals surface area (Å²) < 4.78 is 5.80. The molecular formula is C20H30N8O2. The highest BCUT2D eigenvalue weighted by molar-refractivity contribution is 5.55. The van der Waals surface area contributed by atoms with E-state index in [-0.39, 0.29) is 0 Å². The third-order valence-corrected chi connectivity index (χ3v) is 4.33. The Morgan fingerprint density at radius 2 is 2.17 bits per heavy atom. The number of aromatic nitrogens is 4. The topological polar surface area (TPSA) is 126 Å². The van der Waals surface area contributed by atoms with E-state index >= 15 is 0 Å². The molecule has 2 aromatic rings. The molecule has 0 radical (unpaired) electrons. The fourth-order valence-corrected chi connectivity index (χ4v) is 2.67. The number of aromatic amines is 1. The third kappa shape index (κ3) is 6.75. The Morgan fingerprint density at radius 1 is 1.37 bits per heavy atom. The van der Waals surface area contributed by atoms with E-state index in [2.05, 4.69) is 37.4 Å². The minimum Gasteiger partial charge on any atom is -0.476 e. The van der Waals surface area contributed by atoms with Gasteiger partial charge in [-0.1, -0.05) is 12.2 Å². The summed E-state index contributed by atoms with van der Waals surface area (Å²) in [5.74, 6) is 8.61. The molecule has 0 aliphatic heterocycles. The van der Waals surface area contributed by atoms with Crippen molar-refractivity contribution in [1.29, 1.82) is 0 Å². The quantitative estimate of drug-likeness (QED) is 0.235. The van der Waals surface area contributed by atoms with Crippen molar-refractivity contribution in [3.8, 4) is 5.88 Å². The molecule has 2 aromatic heterocycles. The van der Waals surface area contributed by atoms with Crippen molar-refractivity contribution in [2.75, 3.05) is 44.4 Å². The zero-order chi connectivity index (χ0) is 21.5. The number of hydrogen-bond donors (Lipinski definition) is 4. The van der Waals surface area contributed by atoms with E-state index in [0.29, 0.717) is 42.5 Å². The molecule has 1 aliphatic carbocycles. The lowest BCUT2D eigenvalue weighted by Crippen LogP contribution is -2.20. The first-order valence-corrected chi connectivity index (χ1v) is 9.88. The summed E-state index contributed by atoms with van der Waals surface area (Å²) in [5.41, 5.74) is 1.90. The van der Waals surface area contributed by atoms with Crippen molar-refractivity contribution in [1.82, 2.24) is 25.1 Å². The number of hydrogen-bond acceptors (Lipinski definition) is 9. The van der Waals surface area contributed by atoms with Gasteiger partial charge in [0, 0.05) is 24.6 Å². The van der Waals surface area contributed by atoms with E-state index in [1.54, 1.807) is 12.1 Å². The number of H-pyrrole nitrogens is 1. The predicted octanol–water partition coefficient (Wildman–Crippen LogP) is 2.52. The van der Waals surface area contributed by atoms with Gasteiger partial charge in [0.2, 0.25) is 11.8 Å². The van der Waals surface area contributed by atoms with Crippen molar-refractivity contribution in [3.63, 3.8) is 0 Å². The lowest BCUT2D eigenvalue weighted by atomic mass is 10.3. The average molecular weight is 415 g/mol. The third-order valence-electron chi connectivity index (χ3n) is 4.33. The lowest BCUT2D eigenvalue weighted by molar-refractivity contribution is 0.219. The number of nitrogens with one attached hydrogen (secondary N) is 3. The normalized spacial score (nSPS) is 14.0. The van der Waals surface area contributed by atoms with E-state index in [9.17, 15) is 0 Å². The van der Waals surface area contributed by atoms with Crippen LogP contribution in [0.3, 0.4) is 0 Å². The number of ether oxygens (including phenoxy) is 1. The largest absolute Gasteiger partial charge is 0.476 e. The van der Waals surface area contributed by atoms with Gasteiger partial charge in [-0.3, -0.25) is 5.10 Å². The van der Waals surface area contributed by atoms with Gasteiger partial charge < -0.3 is 25.1 Å². The molecule has 1 fully saturated rings. The van der Waals surface area contributed by atoms with Gasteiger partial charge in [-0.15, -0.1) is 0 Å². The van der Waals surface area contributed by atoms with Gasteiger partial charge in [0.05, 0.1) is 12.2 Å². The van der Waals surface area contributed by atoms with Gasteiger partial charge in [0.15, 0.2) is 0 Å². The molecule has 10 nitrogen and oxygen atoms in total. The maximum absolute atomic E-state index is 5.80. The van der Waals surface area contributed by atoms with Crippen molar-refractivity contribution < 1.29 is 9.57 Å². The first-order chi connectivity index (χ1) is 14.4. The molecule has 10 heteroatoms. The van der Waals surface area contributed by atoms with Gasteiger partial charge in [-0.2, -0.15) is 21.0 Å². The molecule has 0 saturated heterocycles. The van der Waals surface area contributed by atoms with Crippen molar-refractivity contribution in [2.24, 2.45) is 5.90 Å². The molecule has 0 unspecified atom stereocenters. The zero-order valence-corrected chi connectivity index (χ0v) is 17.7. The first kappa shape index (κ1) is 21.6. The minimum absolute atomic E-state index is 0.305. The van der Waals surface area contributed by atoms with Gasteiger partial charge in [0.25, 0.3) is 0 Å². The van der Waals surface area contributed by atoms with Crippen LogP contribution in [0.2, 0.25) is 0 Å². The molecule has 0 spiro atoms. The van der Waals surface area contributed by atoms with Gasteiger partial charge in [-0.05, 0) is 39.9 Å². The second-order valence-electron chi connectivity index (χ2n) is 7.60. The minimum atomic E-state index is 0.305. The van der Waals surface area contributed by atoms with Crippen LogP contribution in [0.5, 0.6) is 5.88 Å². The SMILES string of the molecule is C=C(C)/C=C(/CNc1nc(Nc2cc(C3CC3)n[nH]2)cc(OCCN(C)C)n1)ON. The van der Waals surface area contributed by atoms with Crippen LogP contribution >= 0.6 is 0 Å². The molecule has 1 saturated carbocycles. The van der Waals surface area contributed by atoms with Gasteiger partial charge >= 0.3 is 0 Å². The molecule has 1 aliphatic rings. The number of nitrogens with zero attached hydrogens (tertiary/aromatic N) is 4. The maximum atomic E-state index is 5.80. The summed E-state index contributed by atoms with van der Waals surface area (Å²) in [5, 5.41) is 13.7. The lowest BCUT2D eigenvalue weighted by Gasteiger charge is -2.13. The second-order valence-corrected chi connectivity index (χ2v) is 7.60. The standard InChI is InChI=1S/C20H30N8O2/c1-13(2)9-15(30-21)12-22-20-24-17(11-19(25-20)29-8-7-28(3)4)23-18-10-16(26-27-18)14-5-6-14/h9-11,14H,1,5-8,12,21H2,2-4H3,(H3,22,23,24,25,26,27)/b15-9-. The number of allylic oxidation sites excluding steroid dienone is 2. The first-order valence-electron chi connectivity index (χ1n) is 9.88. The van der Waals surface area contributed by atoms with Gasteiger partial charge in [0.1, 0.15) is 24.0 Å². The number of anilines is 3. The maximum Gasteiger partial charge on any atom is 0.228 e. The van der Waals surface area contributed by atoms with Crippen LogP contribution < -0.4 is 21.3 Å². The molecule has 0 bridgehead atoms. The van der Waals surface area contributed by atoms with Crippen LogP contribution in [-0.4, -0.2) is 58.9 Å². The summed E-state index contributed by atoms with van der Waals surface area (Å²) in [6, 6.07) is 3.76. The van der Waals surface area contributed by atoms with E-state index in [1.165, 1.54) is 12.8 Å². The highest BCUT2D eigenvalue weighted by Gasteiger charge is 2.26. The molecule has 2 heterocycles. The predicted molar refractivity (Wildman–Crippen MR) is 117 cm³/mol. The van der Waals surface area contributed by atoms with E-state index in [1.807, 2.05) is 32.0 Å². The monoisotopic (exact) mass is 414 g/mol. The van der Waals surface area contributed by atoms with Crippen LogP contribution in [0.4, 0.5) is 17.6 Å². The zero-order valence-electron chi connectivity index (χ0n) is 17.7. The highest BCUT2D eigenvalue weighted by atomic mass is 16.6. The summed E-state index contributed by atoms with van der Waals surface area (Å²) in [6.45, 7) is 7.27. The Kier molecular flexibility index (Phi) is 7.26.